The Bertz CT molecular complexity index is 4490. The van der Waals surface area contributed by atoms with Crippen LogP contribution in [-0.4, -0.2) is 14.1 Å². The Morgan fingerprint density at radius 2 is 1.31 bits per heavy atom. The molecule has 1 aliphatic carbocycles. The summed E-state index contributed by atoms with van der Waals surface area (Å²) in [4.78, 5) is 4.90. The maximum atomic E-state index is 9.75. The van der Waals surface area contributed by atoms with Crippen LogP contribution >= 0.6 is 0 Å². The summed E-state index contributed by atoms with van der Waals surface area (Å²) in [5.41, 5.74) is 5.89. The van der Waals surface area contributed by atoms with Crippen LogP contribution in [0.4, 0.5) is 0 Å². The van der Waals surface area contributed by atoms with Gasteiger partial charge in [-0.3, -0.25) is 4.57 Å². The molecule has 3 heterocycles. The zero-order valence-electron chi connectivity index (χ0n) is 53.8. The first kappa shape index (κ1) is 34.1. The van der Waals surface area contributed by atoms with E-state index in [1.165, 1.54) is 0 Å². The van der Waals surface area contributed by atoms with Gasteiger partial charge in [0, 0.05) is 44.3 Å². The quantitative estimate of drug-likeness (QED) is 0.112. The molecule has 6 heteroatoms. The topological polar surface area (TPSA) is 35.9 Å². The minimum Gasteiger partial charge on any atom is -0.510 e. The van der Waals surface area contributed by atoms with Gasteiger partial charge < -0.3 is 13.9 Å². The Balaban J connectivity index is 0.00000752. The normalized spacial score (nSPS) is 16.6. The molecule has 0 aliphatic heterocycles. The van der Waals surface area contributed by atoms with Crippen molar-refractivity contribution in [2.75, 3.05) is 0 Å². The molecular formula is C66H56N4OPt-2. The first-order valence-corrected chi connectivity index (χ1v) is 23.8. The molecule has 0 unspecified atom stereocenters. The van der Waals surface area contributed by atoms with E-state index < -0.39 is 60.4 Å². The molecule has 12 rings (SSSR count). The SMILES string of the molecule is [2H]c1c([2H])c([2H])c(-c2cccc(-c3c([2H])c([2H])c([2H])c([2H])c3[2H])c2-[n+]2[c-]n(-c3[c-]c(Oc4[c-]c5c(cc4)c4cc(-c6c([2H])c([2H])c7c(c6[2H])C(C)(C)CCC7(C)C)ccc4n5-c4cc(C(C)(C)C)ccn4)ccc3)c3ccccc32)c([2H])c1[2H].[Pt]. The second-order valence-electron chi connectivity index (χ2n) is 20.5. The van der Waals surface area contributed by atoms with Gasteiger partial charge in [0.15, 0.2) is 0 Å². The smallest absolute Gasteiger partial charge is 0.268 e. The number of hydrogen-bond donors (Lipinski definition) is 0. The van der Waals surface area contributed by atoms with Crippen LogP contribution in [0.25, 0.3) is 83.4 Å². The van der Waals surface area contributed by atoms with Crippen LogP contribution in [-0.2, 0) is 37.3 Å². The van der Waals surface area contributed by atoms with Crippen LogP contribution < -0.4 is 9.30 Å². The van der Waals surface area contributed by atoms with Crippen molar-refractivity contribution in [3.05, 3.63) is 223 Å². The first-order chi connectivity index (χ1) is 39.7. The van der Waals surface area contributed by atoms with Gasteiger partial charge in [0.25, 0.3) is 6.33 Å². The maximum Gasteiger partial charge on any atom is 0.268 e. The van der Waals surface area contributed by atoms with Crippen LogP contribution in [0.5, 0.6) is 11.5 Å². The van der Waals surface area contributed by atoms with Crippen molar-refractivity contribution in [2.24, 2.45) is 0 Å². The van der Waals surface area contributed by atoms with E-state index in [0.29, 0.717) is 50.7 Å². The second-order valence-corrected chi connectivity index (χ2v) is 20.5. The molecule has 5 nitrogen and oxygen atoms in total. The Morgan fingerprint density at radius 3 is 2.03 bits per heavy atom. The van der Waals surface area contributed by atoms with Crippen molar-refractivity contribution in [2.45, 2.75) is 77.6 Å². The minimum atomic E-state index is -0.589. The molecule has 1 aliphatic rings. The van der Waals surface area contributed by atoms with Crippen LogP contribution in [0.2, 0.25) is 0 Å². The van der Waals surface area contributed by atoms with Gasteiger partial charge in [-0.2, -0.15) is 18.2 Å². The molecular weight excluding hydrogens is 1060 g/mol. The third-order valence-electron chi connectivity index (χ3n) is 13.9. The zero-order valence-corrected chi connectivity index (χ0v) is 43.1. The number of fused-ring (bicyclic) bond motifs is 5. The van der Waals surface area contributed by atoms with Crippen molar-refractivity contribution in [3.63, 3.8) is 0 Å². The molecule has 3 aromatic heterocycles. The Labute approximate surface area is 456 Å². The fourth-order valence-electron chi connectivity index (χ4n) is 9.93. The standard InChI is InChI=1S/C66H56N4O.Pt/c1-64(2,3)48-34-37-67-62(40-48)70-58-33-29-46(47-28-32-56-57(39-47)66(6,7)36-35-65(56,4)5)38-55(58)54-31-30-51(42-61(54)70)71-50-23-16-22-49(41-50)68-43-69(60-27-15-14-26-59(60)68)63-52(44-18-10-8-11-19-44)24-17-25-53(63)45-20-12-9-13-21-45;/h8-34,37-40H,35-36H2,1-7H3;/q-2;/i8D,9D,10D,11D,12D,13D,18D,19D,20D,21D,28D,32D,39D;. The fourth-order valence-corrected chi connectivity index (χ4v) is 9.93. The molecule has 72 heavy (non-hydrogen) atoms. The number of pyridine rings is 1. The summed E-state index contributed by atoms with van der Waals surface area (Å²) in [7, 11) is 0. The molecule has 0 spiro atoms. The van der Waals surface area contributed by atoms with Crippen molar-refractivity contribution in [1.29, 1.82) is 0 Å². The molecule has 11 aromatic rings. The van der Waals surface area contributed by atoms with Gasteiger partial charge >= 0.3 is 0 Å². The molecule has 0 fully saturated rings. The number of para-hydroxylation sites is 3. The predicted molar refractivity (Wildman–Crippen MR) is 290 cm³/mol. The monoisotopic (exact) mass is 1130 g/mol. The molecule has 0 bridgehead atoms. The maximum absolute atomic E-state index is 9.75. The second kappa shape index (κ2) is 18.1. The average molecular weight is 1130 g/mol. The third kappa shape index (κ3) is 8.28. The number of imidazole rings is 1. The summed E-state index contributed by atoms with van der Waals surface area (Å²) in [5, 5.41) is 1.64. The van der Waals surface area contributed by atoms with Crippen molar-refractivity contribution in [1.82, 2.24) is 14.1 Å². The summed E-state index contributed by atoms with van der Waals surface area (Å²) < 4.78 is 128. The van der Waals surface area contributed by atoms with Gasteiger partial charge in [0.05, 0.1) is 34.5 Å². The van der Waals surface area contributed by atoms with E-state index in [0.717, 1.165) is 45.8 Å². The van der Waals surface area contributed by atoms with Gasteiger partial charge in [-0.25, -0.2) is 4.98 Å². The molecule has 358 valence electrons. The van der Waals surface area contributed by atoms with E-state index in [2.05, 4.69) is 73.0 Å². The fraction of sp³-hybridized carbons (Fsp3) is 0.182. The number of aromatic nitrogens is 4. The van der Waals surface area contributed by atoms with E-state index in [1.54, 1.807) is 63.9 Å². The van der Waals surface area contributed by atoms with E-state index in [1.807, 2.05) is 53.1 Å². The summed E-state index contributed by atoms with van der Waals surface area (Å²) in [6, 6.07) is 33.0. The summed E-state index contributed by atoms with van der Waals surface area (Å²) in [5.74, 6) is 1.30. The number of rotatable bonds is 8. The Hall–Kier alpha value is -7.33. The summed E-state index contributed by atoms with van der Waals surface area (Å²) in [6.07, 6.45) is 6.92. The van der Waals surface area contributed by atoms with Crippen LogP contribution in [0, 0.1) is 18.5 Å². The van der Waals surface area contributed by atoms with Crippen LogP contribution in [0.15, 0.2) is 188 Å². The summed E-state index contributed by atoms with van der Waals surface area (Å²) in [6.45, 7) is 14.9. The van der Waals surface area contributed by atoms with Crippen molar-refractivity contribution >= 4 is 32.8 Å². The average Bonchev–Trinajstić information content (AvgIpc) is 1.89. The number of benzene rings is 8. The van der Waals surface area contributed by atoms with E-state index in [-0.39, 0.29) is 83.4 Å². The van der Waals surface area contributed by atoms with Crippen LogP contribution in [0.1, 0.15) is 95.8 Å². The minimum absolute atomic E-state index is 0. The van der Waals surface area contributed by atoms with Gasteiger partial charge in [-0.15, -0.1) is 29.7 Å². The number of nitrogens with zero attached hydrogens (tertiary/aromatic N) is 4. The molecule has 0 saturated heterocycles. The predicted octanol–water partition coefficient (Wildman–Crippen LogP) is 16.2. The van der Waals surface area contributed by atoms with E-state index in [4.69, 9.17) is 23.4 Å². The summed E-state index contributed by atoms with van der Waals surface area (Å²) >= 11 is 0. The Morgan fingerprint density at radius 1 is 0.625 bits per heavy atom. The van der Waals surface area contributed by atoms with Crippen LogP contribution in [0.3, 0.4) is 0 Å². The molecule has 0 atom stereocenters. The first-order valence-electron chi connectivity index (χ1n) is 30.3. The molecule has 0 amide bonds. The van der Waals surface area contributed by atoms with Gasteiger partial charge in [0.1, 0.15) is 5.82 Å². The number of hydrogen-bond acceptors (Lipinski definition) is 2. The van der Waals surface area contributed by atoms with Crippen molar-refractivity contribution < 1.29 is 48.2 Å². The third-order valence-corrected chi connectivity index (χ3v) is 13.9. The molecule has 0 N–H and O–H groups in total. The Kier molecular flexibility index (Phi) is 8.56. The van der Waals surface area contributed by atoms with E-state index >= 15 is 0 Å². The number of ether oxygens (including phenoxy) is 1. The molecule has 0 saturated carbocycles. The van der Waals surface area contributed by atoms with Gasteiger partial charge in [-0.05, 0) is 108 Å². The molecule has 0 radical (unpaired) electrons. The van der Waals surface area contributed by atoms with Crippen molar-refractivity contribution in [3.8, 4) is 62.1 Å². The van der Waals surface area contributed by atoms with Gasteiger partial charge in [-0.1, -0.05) is 187 Å². The van der Waals surface area contributed by atoms with Gasteiger partial charge in [0.2, 0.25) is 0 Å². The zero-order chi connectivity index (χ0) is 60.0. The van der Waals surface area contributed by atoms with E-state index in [9.17, 15) is 4.11 Å². The largest absolute Gasteiger partial charge is 0.510 e. The molecule has 8 aromatic carbocycles.